The molecule has 7 aromatic carbocycles. The van der Waals surface area contributed by atoms with Gasteiger partial charge in [-0.3, -0.25) is 0 Å². The number of hydrogen-bond donors (Lipinski definition) is 0. The SMILES string of the molecule is C1=CCC(N=Nc2ccccc2)(c2cccc3cc4ccc5cc6cc7ccccc7cc6cc5c4cc23)C=C1. The highest BCUT2D eigenvalue weighted by Gasteiger charge is 2.31. The van der Waals surface area contributed by atoms with Crippen LogP contribution in [-0.4, -0.2) is 0 Å². The minimum atomic E-state index is -0.562. The van der Waals surface area contributed by atoms with Gasteiger partial charge in [-0.15, -0.1) is 0 Å². The van der Waals surface area contributed by atoms with Gasteiger partial charge in [0.2, 0.25) is 0 Å². The molecule has 0 saturated heterocycles. The van der Waals surface area contributed by atoms with E-state index in [0.717, 1.165) is 12.1 Å². The number of fused-ring (bicyclic) bond motifs is 6. The zero-order valence-corrected chi connectivity index (χ0v) is 22.0. The monoisotopic (exact) mass is 510 g/mol. The van der Waals surface area contributed by atoms with Gasteiger partial charge in [-0.1, -0.05) is 97.1 Å². The lowest BCUT2D eigenvalue weighted by Gasteiger charge is -2.28. The molecule has 0 radical (unpaired) electrons. The van der Waals surface area contributed by atoms with Crippen molar-refractivity contribution in [3.63, 3.8) is 0 Å². The molecule has 0 spiro atoms. The van der Waals surface area contributed by atoms with Gasteiger partial charge in [0.05, 0.1) is 5.69 Å². The van der Waals surface area contributed by atoms with Crippen molar-refractivity contribution in [1.29, 1.82) is 0 Å². The lowest BCUT2D eigenvalue weighted by Crippen LogP contribution is -2.21. The molecule has 1 aliphatic rings. The van der Waals surface area contributed by atoms with Crippen LogP contribution in [0.2, 0.25) is 0 Å². The molecule has 0 N–H and O–H groups in total. The Morgan fingerprint density at radius 2 is 1.10 bits per heavy atom. The van der Waals surface area contributed by atoms with Crippen LogP contribution in [0.5, 0.6) is 0 Å². The molecular formula is C38H26N2. The van der Waals surface area contributed by atoms with Crippen LogP contribution in [0.15, 0.2) is 156 Å². The summed E-state index contributed by atoms with van der Waals surface area (Å²) in [6.07, 6.45) is 9.35. The molecule has 2 heteroatoms. The molecule has 40 heavy (non-hydrogen) atoms. The highest BCUT2D eigenvalue weighted by molar-refractivity contribution is 6.16. The Hall–Kier alpha value is -5.08. The lowest BCUT2D eigenvalue weighted by atomic mass is 9.81. The Morgan fingerprint density at radius 3 is 1.85 bits per heavy atom. The highest BCUT2D eigenvalue weighted by atomic mass is 15.2. The van der Waals surface area contributed by atoms with Gasteiger partial charge in [0, 0.05) is 6.42 Å². The molecule has 8 rings (SSSR count). The van der Waals surface area contributed by atoms with Crippen molar-refractivity contribution in [3.8, 4) is 0 Å². The normalized spacial score (nSPS) is 17.2. The molecule has 188 valence electrons. The van der Waals surface area contributed by atoms with E-state index < -0.39 is 5.54 Å². The van der Waals surface area contributed by atoms with Crippen LogP contribution in [0.1, 0.15) is 12.0 Å². The maximum Gasteiger partial charge on any atom is 0.129 e. The van der Waals surface area contributed by atoms with Crippen LogP contribution in [0.3, 0.4) is 0 Å². The van der Waals surface area contributed by atoms with Gasteiger partial charge in [-0.05, 0) is 108 Å². The molecule has 0 heterocycles. The van der Waals surface area contributed by atoms with E-state index in [2.05, 4.69) is 115 Å². The molecule has 7 aromatic rings. The van der Waals surface area contributed by atoms with Crippen LogP contribution in [0, 0.1) is 0 Å². The Labute approximate surface area is 232 Å². The van der Waals surface area contributed by atoms with E-state index in [1.165, 1.54) is 59.4 Å². The molecule has 0 fully saturated rings. The Kier molecular flexibility index (Phi) is 5.14. The third-order valence-electron chi connectivity index (χ3n) is 8.27. The van der Waals surface area contributed by atoms with E-state index in [4.69, 9.17) is 10.2 Å². The zero-order chi connectivity index (χ0) is 26.5. The fourth-order valence-corrected chi connectivity index (χ4v) is 6.23. The fourth-order valence-electron chi connectivity index (χ4n) is 6.23. The summed E-state index contributed by atoms with van der Waals surface area (Å²) < 4.78 is 0. The first kappa shape index (κ1) is 22.9. The molecule has 0 saturated carbocycles. The van der Waals surface area contributed by atoms with Crippen molar-refractivity contribution < 1.29 is 0 Å². The molecule has 0 amide bonds. The van der Waals surface area contributed by atoms with Gasteiger partial charge >= 0.3 is 0 Å². The molecule has 0 aromatic heterocycles. The number of hydrogen-bond acceptors (Lipinski definition) is 2. The largest absolute Gasteiger partial charge is 0.172 e. The second-order valence-corrected chi connectivity index (χ2v) is 10.7. The first-order chi connectivity index (χ1) is 19.8. The lowest BCUT2D eigenvalue weighted by molar-refractivity contribution is 0.543. The molecule has 2 nitrogen and oxygen atoms in total. The predicted octanol–water partition coefficient (Wildman–Crippen LogP) is 10.9. The average molecular weight is 511 g/mol. The summed E-state index contributed by atoms with van der Waals surface area (Å²) in [7, 11) is 0. The van der Waals surface area contributed by atoms with Gasteiger partial charge in [0.15, 0.2) is 0 Å². The fraction of sp³-hybridized carbons (Fsp3) is 0.0526. The van der Waals surface area contributed by atoms with E-state index >= 15 is 0 Å². The predicted molar refractivity (Wildman–Crippen MR) is 170 cm³/mol. The second-order valence-electron chi connectivity index (χ2n) is 10.7. The molecule has 0 aliphatic heterocycles. The molecule has 1 atom stereocenters. The highest BCUT2D eigenvalue weighted by Crippen LogP contribution is 2.41. The van der Waals surface area contributed by atoms with Crippen LogP contribution in [-0.2, 0) is 5.54 Å². The number of benzene rings is 7. The van der Waals surface area contributed by atoms with Crippen LogP contribution >= 0.6 is 0 Å². The summed E-state index contributed by atoms with van der Waals surface area (Å²) in [5.74, 6) is 0. The third kappa shape index (κ3) is 3.72. The zero-order valence-electron chi connectivity index (χ0n) is 22.0. The Balaban J connectivity index is 1.38. The van der Waals surface area contributed by atoms with Gasteiger partial charge in [0.25, 0.3) is 0 Å². The maximum absolute atomic E-state index is 5.00. The first-order valence-corrected chi connectivity index (χ1v) is 13.8. The molecular weight excluding hydrogens is 484 g/mol. The van der Waals surface area contributed by atoms with E-state index in [9.17, 15) is 0 Å². The number of rotatable bonds is 3. The Bertz CT molecular complexity index is 2190. The molecule has 0 bridgehead atoms. The maximum atomic E-state index is 5.00. The summed E-state index contributed by atoms with van der Waals surface area (Å²) in [4.78, 5) is 0. The van der Waals surface area contributed by atoms with Crippen LogP contribution in [0.25, 0.3) is 53.9 Å². The van der Waals surface area contributed by atoms with Crippen LogP contribution in [0.4, 0.5) is 5.69 Å². The number of nitrogens with zero attached hydrogens (tertiary/aromatic N) is 2. The summed E-state index contributed by atoms with van der Waals surface area (Å²) in [6.45, 7) is 0. The summed E-state index contributed by atoms with van der Waals surface area (Å²) in [6, 6.07) is 43.7. The van der Waals surface area contributed by atoms with E-state index in [-0.39, 0.29) is 0 Å². The number of azo groups is 1. The summed E-state index contributed by atoms with van der Waals surface area (Å²) in [5, 5.41) is 22.2. The van der Waals surface area contributed by atoms with Gasteiger partial charge in [-0.25, -0.2) is 0 Å². The standard InChI is InChI=1S/C38H26N2/c1-3-13-33(14-4-1)39-40-38(18-7-2-8-19-38)37-15-9-12-28-22-29-16-17-30-23-31-20-26-10-5-6-11-27(26)21-32(31)24-34(30)35(29)25-36(28)37/h1-18,20-25H,19H2. The molecule has 1 aliphatic carbocycles. The van der Waals surface area contributed by atoms with E-state index in [1.807, 2.05) is 30.3 Å². The average Bonchev–Trinajstić information content (AvgIpc) is 3.01. The van der Waals surface area contributed by atoms with Crippen molar-refractivity contribution in [1.82, 2.24) is 0 Å². The first-order valence-electron chi connectivity index (χ1n) is 13.8. The van der Waals surface area contributed by atoms with Crippen molar-refractivity contribution in [3.05, 3.63) is 151 Å². The third-order valence-corrected chi connectivity index (χ3v) is 8.27. The topological polar surface area (TPSA) is 24.7 Å². The van der Waals surface area contributed by atoms with Gasteiger partial charge in [0.1, 0.15) is 5.54 Å². The summed E-state index contributed by atoms with van der Waals surface area (Å²) in [5.41, 5.74) is 1.48. The van der Waals surface area contributed by atoms with Crippen molar-refractivity contribution in [2.24, 2.45) is 10.2 Å². The second kappa shape index (κ2) is 9.00. The molecule has 1 unspecified atom stereocenters. The van der Waals surface area contributed by atoms with E-state index in [0.29, 0.717) is 0 Å². The van der Waals surface area contributed by atoms with Crippen LogP contribution < -0.4 is 0 Å². The van der Waals surface area contributed by atoms with Gasteiger partial charge in [-0.2, -0.15) is 10.2 Å². The van der Waals surface area contributed by atoms with Gasteiger partial charge < -0.3 is 0 Å². The van der Waals surface area contributed by atoms with Crippen molar-refractivity contribution in [2.75, 3.05) is 0 Å². The summed E-state index contributed by atoms with van der Waals surface area (Å²) >= 11 is 0. The number of allylic oxidation sites excluding steroid dienone is 2. The quantitative estimate of drug-likeness (QED) is 0.128. The smallest absolute Gasteiger partial charge is 0.129 e. The van der Waals surface area contributed by atoms with E-state index in [1.54, 1.807) is 0 Å². The minimum absolute atomic E-state index is 0.562. The van der Waals surface area contributed by atoms with Crippen molar-refractivity contribution >= 4 is 59.5 Å². The van der Waals surface area contributed by atoms with Crippen molar-refractivity contribution in [2.45, 2.75) is 12.0 Å². The Morgan fingerprint density at radius 1 is 0.475 bits per heavy atom. The minimum Gasteiger partial charge on any atom is -0.172 e.